The molecule has 34 heavy (non-hydrogen) atoms. The van der Waals surface area contributed by atoms with E-state index in [1.807, 2.05) is 6.07 Å². The average molecular weight is 499 g/mol. The Kier molecular flexibility index (Phi) is 6.32. The van der Waals surface area contributed by atoms with Crippen molar-refractivity contribution in [3.8, 4) is 0 Å². The Morgan fingerprint density at radius 1 is 0.412 bits per heavy atom. The van der Waals surface area contributed by atoms with Gasteiger partial charge in [0.1, 0.15) is 0 Å². The molecule has 0 saturated heterocycles. The summed E-state index contributed by atoms with van der Waals surface area (Å²) < 4.78 is 0. The average Bonchev–Trinajstić information content (AvgIpc) is 2.91. The molecule has 0 aliphatic rings. The molecule has 0 atom stereocenters. The quantitative estimate of drug-likeness (QED) is 0.214. The Morgan fingerprint density at radius 3 is 1.24 bits per heavy atom. The second-order valence-corrected chi connectivity index (χ2v) is 14.4. The number of halogens is 2. The van der Waals surface area contributed by atoms with Crippen LogP contribution in [0, 0.1) is 0 Å². The van der Waals surface area contributed by atoms with Gasteiger partial charge >= 0.3 is 212 Å². The van der Waals surface area contributed by atoms with Crippen molar-refractivity contribution in [2.24, 2.45) is 0 Å². The third kappa shape index (κ3) is 3.58. The van der Waals surface area contributed by atoms with Gasteiger partial charge in [-0.3, -0.25) is 0 Å². The van der Waals surface area contributed by atoms with Crippen molar-refractivity contribution in [1.82, 2.24) is 0 Å². The molecule has 0 N–H and O–H groups in total. The first kappa shape index (κ1) is 22.9. The van der Waals surface area contributed by atoms with E-state index in [1.54, 1.807) is 0 Å². The van der Waals surface area contributed by atoms with Gasteiger partial charge in [0.15, 0.2) is 0 Å². The van der Waals surface area contributed by atoms with E-state index in [0.717, 1.165) is 6.16 Å². The van der Waals surface area contributed by atoms with E-state index < -0.39 is 6.60 Å². The van der Waals surface area contributed by atoms with Crippen LogP contribution < -0.4 is 21.2 Å². The molecule has 5 rings (SSSR count). The van der Waals surface area contributed by atoms with Crippen molar-refractivity contribution in [1.29, 1.82) is 0 Å². The summed E-state index contributed by atoms with van der Waals surface area (Å²) in [6.45, 7) is -3.32. The molecule has 0 unspecified atom stereocenters. The summed E-state index contributed by atoms with van der Waals surface area (Å²) in [6.07, 6.45) is 0.836. The van der Waals surface area contributed by atoms with Gasteiger partial charge in [-0.25, -0.2) is 0 Å². The zero-order valence-electron chi connectivity index (χ0n) is 18.7. The molecule has 3 heteroatoms. The van der Waals surface area contributed by atoms with Gasteiger partial charge in [-0.05, 0) is 0 Å². The molecule has 5 aromatic rings. The van der Waals surface area contributed by atoms with Crippen molar-refractivity contribution < 1.29 is 0 Å². The Bertz CT molecular complexity index is 1290. The second kappa shape index (κ2) is 9.40. The van der Waals surface area contributed by atoms with E-state index in [2.05, 4.69) is 133 Å². The Morgan fingerprint density at radius 2 is 0.824 bits per heavy atom. The van der Waals surface area contributed by atoms with Crippen LogP contribution in [0.15, 0.2) is 140 Å². The summed E-state index contributed by atoms with van der Waals surface area (Å²) in [7, 11) is 0. The molecule has 0 aromatic heterocycles. The molecule has 0 amide bonds. The van der Waals surface area contributed by atoms with Gasteiger partial charge in [0.2, 0.25) is 0 Å². The summed E-state index contributed by atoms with van der Waals surface area (Å²) in [6, 6.07) is 49.8. The van der Waals surface area contributed by atoms with Crippen molar-refractivity contribution in [3.05, 3.63) is 155 Å². The number of rotatable bonds is 6. The van der Waals surface area contributed by atoms with E-state index in [9.17, 15) is 0 Å². The van der Waals surface area contributed by atoms with E-state index >= 15 is 0 Å². The molecular weight excluding hydrogens is 474 g/mol. The molecule has 0 aliphatic heterocycles. The van der Waals surface area contributed by atoms with Gasteiger partial charge in [0, 0.05) is 0 Å². The predicted octanol–water partition coefficient (Wildman–Crippen LogP) is 7.35. The predicted molar refractivity (Wildman–Crippen MR) is 151 cm³/mol. The molecule has 5 aromatic carbocycles. The van der Waals surface area contributed by atoms with E-state index in [1.165, 1.54) is 26.8 Å². The Hall–Kier alpha value is -2.89. The monoisotopic (exact) mass is 498 g/mol. The van der Waals surface area contributed by atoms with Crippen LogP contribution in [-0.2, 0) is 6.16 Å². The second-order valence-electron chi connectivity index (χ2n) is 8.55. The van der Waals surface area contributed by atoms with Crippen LogP contribution in [0.25, 0.3) is 0 Å². The number of hydrogen-bond acceptors (Lipinski definition) is 0. The normalized spacial score (nSPS) is 12.6. The van der Waals surface area contributed by atoms with Gasteiger partial charge in [0.25, 0.3) is 0 Å². The summed E-state index contributed by atoms with van der Waals surface area (Å²) >= 11 is 13.2. The fourth-order valence-electron chi connectivity index (χ4n) is 5.27. The molecule has 0 bridgehead atoms. The van der Waals surface area contributed by atoms with Crippen molar-refractivity contribution in [2.75, 3.05) is 0 Å². The molecule has 168 valence electrons. The van der Waals surface area contributed by atoms with Crippen molar-refractivity contribution in [3.63, 3.8) is 0 Å². The van der Waals surface area contributed by atoms with Crippen molar-refractivity contribution >= 4 is 51.0 Å². The fourth-order valence-corrected chi connectivity index (χ4v) is 12.4. The summed E-state index contributed by atoms with van der Waals surface area (Å²) in [5.41, 5.74) is 1.28. The van der Waals surface area contributed by atoms with Crippen molar-refractivity contribution in [2.45, 2.75) is 6.16 Å². The van der Waals surface area contributed by atoms with E-state index in [0.29, 0.717) is 10.0 Å². The first-order valence-corrected chi connectivity index (χ1v) is 14.5. The molecule has 0 fully saturated rings. The minimum atomic E-state index is -3.32. The number of benzene rings is 5. The first-order chi connectivity index (χ1) is 16.6. The van der Waals surface area contributed by atoms with Crippen LogP contribution in [0.2, 0.25) is 10.0 Å². The fraction of sp³-hybridized carbons (Fsp3) is 0.0323. The standard InChI is InChI=1S/C31H25Cl2P/c32-30-22-21-29(23-31(30)33)34(26-15-7-2-8-16-26,27-17-9-3-10-18-27,28-19-11-4-12-20-28)24-25-13-5-1-6-14-25/h1-23H,24H2. The third-order valence-electron chi connectivity index (χ3n) is 6.79. The zero-order chi connectivity index (χ0) is 23.5. The summed E-state index contributed by atoms with van der Waals surface area (Å²) in [5, 5.41) is 6.24. The molecule has 0 heterocycles. The van der Waals surface area contributed by atoms with Crippen LogP contribution in [-0.4, -0.2) is 0 Å². The van der Waals surface area contributed by atoms with Gasteiger partial charge in [-0.15, -0.1) is 0 Å². The topological polar surface area (TPSA) is 0 Å². The van der Waals surface area contributed by atoms with Gasteiger partial charge in [0.05, 0.1) is 0 Å². The molecular formula is C31H25Cl2P. The molecule has 0 nitrogen and oxygen atoms in total. The summed E-state index contributed by atoms with van der Waals surface area (Å²) in [5.74, 6) is 0. The van der Waals surface area contributed by atoms with Crippen LogP contribution in [0.5, 0.6) is 0 Å². The third-order valence-corrected chi connectivity index (χ3v) is 14.3. The van der Waals surface area contributed by atoms with Crippen LogP contribution in [0.4, 0.5) is 0 Å². The Balaban J connectivity index is 2.05. The Labute approximate surface area is 211 Å². The van der Waals surface area contributed by atoms with E-state index in [-0.39, 0.29) is 0 Å². The summed E-state index contributed by atoms with van der Waals surface area (Å²) in [4.78, 5) is 0. The minimum absolute atomic E-state index is 0.566. The van der Waals surface area contributed by atoms with Crippen LogP contribution >= 0.6 is 29.8 Å². The molecule has 0 aliphatic carbocycles. The van der Waals surface area contributed by atoms with Gasteiger partial charge < -0.3 is 0 Å². The van der Waals surface area contributed by atoms with Crippen LogP contribution in [0.1, 0.15) is 5.56 Å². The molecule has 0 radical (unpaired) electrons. The maximum atomic E-state index is 6.74. The molecule has 0 saturated carbocycles. The first-order valence-electron chi connectivity index (χ1n) is 11.3. The zero-order valence-corrected chi connectivity index (χ0v) is 21.1. The van der Waals surface area contributed by atoms with Gasteiger partial charge in [-0.2, -0.15) is 0 Å². The number of hydrogen-bond donors (Lipinski definition) is 0. The van der Waals surface area contributed by atoms with Crippen LogP contribution in [0.3, 0.4) is 0 Å². The SMILES string of the molecule is Clc1ccc(P(Cc2ccccc2)(c2ccccc2)(c2ccccc2)c2ccccc2)cc1Cl. The maximum absolute atomic E-state index is 6.74. The van der Waals surface area contributed by atoms with E-state index in [4.69, 9.17) is 23.2 Å². The van der Waals surface area contributed by atoms with Gasteiger partial charge in [-0.1, -0.05) is 0 Å². The molecule has 0 spiro atoms.